The summed E-state index contributed by atoms with van der Waals surface area (Å²) in [7, 11) is -3.46. The normalized spacial score (nSPS) is 25.3. The third-order valence-corrected chi connectivity index (χ3v) is 7.76. The summed E-state index contributed by atoms with van der Waals surface area (Å²) in [5, 5.41) is 7.15. The Labute approximate surface area is 156 Å². The van der Waals surface area contributed by atoms with Crippen LogP contribution >= 0.6 is 12.2 Å². The summed E-state index contributed by atoms with van der Waals surface area (Å²) in [4.78, 5) is 0.295. The number of hydrogen-bond donors (Lipinski definition) is 2. The molecule has 0 aromatic heterocycles. The lowest BCUT2D eigenvalue weighted by molar-refractivity contribution is 0.392. The van der Waals surface area contributed by atoms with Crippen molar-refractivity contribution in [3.8, 4) is 0 Å². The minimum absolute atomic E-state index is 0.295. The Morgan fingerprint density at radius 2 is 2.00 bits per heavy atom. The standard InChI is InChI=1S/C18H27N3O2S2/c1-3-21(4-2)25(22,23)16-7-5-6-15(12-16)19-18(24)20-17-11-13-8-9-14(17)10-13/h5-7,12-14,17H,3-4,8-11H2,1-2H3,(H2,19,20,24)/t13-,14-,17-/m0/s1. The molecule has 0 spiro atoms. The van der Waals surface area contributed by atoms with Gasteiger partial charge in [-0.2, -0.15) is 4.31 Å². The van der Waals surface area contributed by atoms with Crippen molar-refractivity contribution in [2.75, 3.05) is 18.4 Å². The Kier molecular flexibility index (Phi) is 5.65. The summed E-state index contributed by atoms with van der Waals surface area (Å²) in [6.07, 6.45) is 5.16. The summed E-state index contributed by atoms with van der Waals surface area (Å²) in [6, 6.07) is 7.34. The van der Waals surface area contributed by atoms with Gasteiger partial charge in [0.25, 0.3) is 0 Å². The molecule has 2 aliphatic carbocycles. The average Bonchev–Trinajstić information content (AvgIpc) is 3.18. The number of hydrogen-bond acceptors (Lipinski definition) is 3. The van der Waals surface area contributed by atoms with Gasteiger partial charge in [0.05, 0.1) is 4.90 Å². The average molecular weight is 382 g/mol. The topological polar surface area (TPSA) is 61.4 Å². The Bertz CT molecular complexity index is 732. The first kappa shape index (κ1) is 18.6. The highest BCUT2D eigenvalue weighted by atomic mass is 32.2. The zero-order valence-corrected chi connectivity index (χ0v) is 16.5. The maximum atomic E-state index is 12.6. The van der Waals surface area contributed by atoms with Crippen LogP contribution in [0.25, 0.3) is 0 Å². The van der Waals surface area contributed by atoms with Gasteiger partial charge in [0.15, 0.2) is 5.11 Å². The Morgan fingerprint density at radius 3 is 2.60 bits per heavy atom. The van der Waals surface area contributed by atoms with Gasteiger partial charge in [-0.3, -0.25) is 0 Å². The van der Waals surface area contributed by atoms with E-state index in [1.54, 1.807) is 18.2 Å². The van der Waals surface area contributed by atoms with Gasteiger partial charge in [-0.15, -0.1) is 0 Å². The zero-order chi connectivity index (χ0) is 18.0. The molecule has 0 unspecified atom stereocenters. The molecule has 2 fully saturated rings. The van der Waals surface area contributed by atoms with Crippen LogP contribution in [-0.4, -0.2) is 37.0 Å². The SMILES string of the molecule is CCN(CC)S(=O)(=O)c1cccc(NC(=S)N[C@H]2C[C@H]3CC[C@H]2C3)c1. The van der Waals surface area contributed by atoms with Crippen molar-refractivity contribution < 1.29 is 8.42 Å². The minimum Gasteiger partial charge on any atom is -0.359 e. The van der Waals surface area contributed by atoms with Gasteiger partial charge in [0, 0.05) is 24.8 Å². The summed E-state index contributed by atoms with van der Waals surface area (Å²) in [5.74, 6) is 1.59. The molecule has 0 saturated heterocycles. The van der Waals surface area contributed by atoms with E-state index in [0.717, 1.165) is 11.8 Å². The van der Waals surface area contributed by atoms with Crippen LogP contribution in [0.2, 0.25) is 0 Å². The van der Waals surface area contributed by atoms with E-state index >= 15 is 0 Å². The van der Waals surface area contributed by atoms with Crippen LogP contribution in [0.1, 0.15) is 39.5 Å². The van der Waals surface area contributed by atoms with Crippen molar-refractivity contribution >= 4 is 33.0 Å². The van der Waals surface area contributed by atoms with Crippen molar-refractivity contribution in [1.29, 1.82) is 0 Å². The molecular formula is C18H27N3O2S2. The summed E-state index contributed by atoms with van der Waals surface area (Å²) in [5.41, 5.74) is 0.703. The first-order valence-electron chi connectivity index (χ1n) is 9.11. The number of fused-ring (bicyclic) bond motifs is 2. The van der Waals surface area contributed by atoms with E-state index in [0.29, 0.717) is 34.8 Å². The van der Waals surface area contributed by atoms with Crippen LogP contribution in [0.15, 0.2) is 29.2 Å². The zero-order valence-electron chi connectivity index (χ0n) is 14.9. The summed E-state index contributed by atoms with van der Waals surface area (Å²) < 4.78 is 26.8. The molecular weight excluding hydrogens is 354 g/mol. The molecule has 7 heteroatoms. The highest BCUT2D eigenvalue weighted by Crippen LogP contribution is 2.44. The summed E-state index contributed by atoms with van der Waals surface area (Å²) >= 11 is 5.44. The lowest BCUT2D eigenvalue weighted by Crippen LogP contribution is -2.40. The van der Waals surface area contributed by atoms with Crippen LogP contribution in [0.4, 0.5) is 5.69 Å². The number of anilines is 1. The largest absolute Gasteiger partial charge is 0.359 e. The Hall–Kier alpha value is -1.18. The van der Waals surface area contributed by atoms with Crippen LogP contribution in [0.5, 0.6) is 0 Å². The molecule has 0 heterocycles. The molecule has 0 aliphatic heterocycles. The van der Waals surface area contributed by atoms with Crippen LogP contribution in [0, 0.1) is 11.8 Å². The molecule has 3 atom stereocenters. The van der Waals surface area contributed by atoms with Gasteiger partial charge in [-0.05, 0) is 61.5 Å². The highest BCUT2D eigenvalue weighted by Gasteiger charge is 2.39. The van der Waals surface area contributed by atoms with Gasteiger partial charge in [0.1, 0.15) is 0 Å². The second kappa shape index (κ2) is 7.60. The molecule has 2 N–H and O–H groups in total. The van der Waals surface area contributed by atoms with Gasteiger partial charge in [-0.25, -0.2) is 8.42 Å². The van der Waals surface area contributed by atoms with Crippen molar-refractivity contribution in [2.45, 2.75) is 50.5 Å². The van der Waals surface area contributed by atoms with E-state index in [4.69, 9.17) is 12.2 Å². The fraction of sp³-hybridized carbons (Fsp3) is 0.611. The number of sulfonamides is 1. The first-order chi connectivity index (χ1) is 11.9. The molecule has 0 amide bonds. The fourth-order valence-corrected chi connectivity index (χ4v) is 5.98. The minimum atomic E-state index is -3.46. The van der Waals surface area contributed by atoms with E-state index in [-0.39, 0.29) is 0 Å². The molecule has 138 valence electrons. The lowest BCUT2D eigenvalue weighted by atomic mass is 9.96. The lowest BCUT2D eigenvalue weighted by Gasteiger charge is -2.24. The van der Waals surface area contributed by atoms with Crippen LogP contribution in [-0.2, 0) is 10.0 Å². The molecule has 3 rings (SSSR count). The predicted molar refractivity (Wildman–Crippen MR) is 105 cm³/mol. The Morgan fingerprint density at radius 1 is 1.24 bits per heavy atom. The fourth-order valence-electron chi connectivity index (χ4n) is 4.20. The maximum Gasteiger partial charge on any atom is 0.243 e. The van der Waals surface area contributed by atoms with Gasteiger partial charge < -0.3 is 10.6 Å². The van der Waals surface area contributed by atoms with Crippen LogP contribution < -0.4 is 10.6 Å². The monoisotopic (exact) mass is 381 g/mol. The second-order valence-corrected chi connectivity index (χ2v) is 9.34. The number of nitrogens with one attached hydrogen (secondary N) is 2. The molecule has 1 aromatic carbocycles. The van der Waals surface area contributed by atoms with Crippen LogP contribution in [0.3, 0.4) is 0 Å². The third-order valence-electron chi connectivity index (χ3n) is 5.49. The highest BCUT2D eigenvalue weighted by molar-refractivity contribution is 7.89. The number of benzene rings is 1. The molecule has 25 heavy (non-hydrogen) atoms. The van der Waals surface area contributed by atoms with E-state index < -0.39 is 10.0 Å². The quantitative estimate of drug-likeness (QED) is 0.741. The maximum absolute atomic E-state index is 12.6. The molecule has 1 aromatic rings. The van der Waals surface area contributed by atoms with Crippen molar-refractivity contribution in [3.05, 3.63) is 24.3 Å². The van der Waals surface area contributed by atoms with E-state index in [2.05, 4.69) is 10.6 Å². The molecule has 2 bridgehead atoms. The Balaban J connectivity index is 1.66. The molecule has 0 radical (unpaired) electrons. The van der Waals surface area contributed by atoms with E-state index in [1.165, 1.54) is 30.0 Å². The third kappa shape index (κ3) is 3.99. The number of thiocarbonyl (C=S) groups is 1. The molecule has 2 saturated carbocycles. The molecule has 2 aliphatic rings. The van der Waals surface area contributed by atoms with Gasteiger partial charge in [0.2, 0.25) is 10.0 Å². The predicted octanol–water partition coefficient (Wildman–Crippen LogP) is 3.19. The van der Waals surface area contributed by atoms with Crippen molar-refractivity contribution in [1.82, 2.24) is 9.62 Å². The smallest absolute Gasteiger partial charge is 0.243 e. The van der Waals surface area contributed by atoms with Crippen molar-refractivity contribution in [3.63, 3.8) is 0 Å². The first-order valence-corrected chi connectivity index (χ1v) is 11.0. The van der Waals surface area contributed by atoms with Gasteiger partial charge >= 0.3 is 0 Å². The van der Waals surface area contributed by atoms with E-state index in [1.807, 2.05) is 19.9 Å². The summed E-state index contributed by atoms with van der Waals surface area (Å²) in [6.45, 7) is 4.61. The second-order valence-electron chi connectivity index (χ2n) is 7.00. The van der Waals surface area contributed by atoms with E-state index in [9.17, 15) is 8.42 Å². The molecule has 5 nitrogen and oxygen atoms in total. The number of rotatable bonds is 6. The van der Waals surface area contributed by atoms with Gasteiger partial charge in [-0.1, -0.05) is 26.3 Å². The van der Waals surface area contributed by atoms with Crippen molar-refractivity contribution in [2.24, 2.45) is 11.8 Å². The number of nitrogens with zero attached hydrogens (tertiary/aromatic N) is 1.